The van der Waals surface area contributed by atoms with E-state index in [1.54, 1.807) is 4.90 Å². The number of hydrogen-bond acceptors (Lipinski definition) is 3. The highest BCUT2D eigenvalue weighted by Gasteiger charge is 2.27. The lowest BCUT2D eigenvalue weighted by molar-refractivity contribution is -0.119. The maximum absolute atomic E-state index is 12.0. The monoisotopic (exact) mass is 243 g/mol. The number of aryl methyl sites for hydroxylation is 2. The van der Waals surface area contributed by atoms with Gasteiger partial charge in [-0.25, -0.2) is 0 Å². The fourth-order valence-electron chi connectivity index (χ4n) is 2.33. The molecule has 2 N–H and O–H groups in total. The van der Waals surface area contributed by atoms with Crippen LogP contribution in [-0.4, -0.2) is 12.5 Å². The van der Waals surface area contributed by atoms with Crippen molar-refractivity contribution in [3.8, 4) is 6.07 Å². The first-order chi connectivity index (χ1) is 8.52. The quantitative estimate of drug-likeness (QED) is 0.768. The fourth-order valence-corrected chi connectivity index (χ4v) is 2.33. The number of nitriles is 1. The van der Waals surface area contributed by atoms with Crippen LogP contribution in [0.1, 0.15) is 24.0 Å². The van der Waals surface area contributed by atoms with Gasteiger partial charge in [-0.1, -0.05) is 6.07 Å². The largest absolute Gasteiger partial charge is 0.398 e. The molecule has 1 aromatic rings. The molecule has 4 nitrogen and oxygen atoms in total. The summed E-state index contributed by atoms with van der Waals surface area (Å²) in [5, 5.41) is 9.00. The van der Waals surface area contributed by atoms with Crippen molar-refractivity contribution in [2.75, 3.05) is 17.2 Å². The van der Waals surface area contributed by atoms with E-state index in [4.69, 9.17) is 11.0 Å². The lowest BCUT2D eigenvalue weighted by Gasteiger charge is -2.31. The van der Waals surface area contributed by atoms with Gasteiger partial charge >= 0.3 is 0 Å². The van der Waals surface area contributed by atoms with Crippen LogP contribution in [0.15, 0.2) is 12.1 Å². The topological polar surface area (TPSA) is 70.1 Å². The molecule has 0 saturated carbocycles. The Morgan fingerprint density at radius 3 is 2.78 bits per heavy atom. The molecule has 1 fully saturated rings. The number of nitrogen functional groups attached to an aromatic ring is 1. The fraction of sp³-hybridized carbons (Fsp3) is 0.429. The highest BCUT2D eigenvalue weighted by atomic mass is 16.2. The van der Waals surface area contributed by atoms with Crippen molar-refractivity contribution in [3.05, 3.63) is 23.3 Å². The molecule has 18 heavy (non-hydrogen) atoms. The SMILES string of the molecule is Cc1cc(C)c(N2CC(C#N)CCC2=O)cc1N. The van der Waals surface area contributed by atoms with Crippen LogP contribution in [0.4, 0.5) is 11.4 Å². The summed E-state index contributed by atoms with van der Waals surface area (Å²) in [5.41, 5.74) is 9.46. The summed E-state index contributed by atoms with van der Waals surface area (Å²) in [6.45, 7) is 4.38. The van der Waals surface area contributed by atoms with Crippen LogP contribution < -0.4 is 10.6 Å². The first kappa shape index (κ1) is 12.4. The molecule has 0 aromatic heterocycles. The zero-order valence-corrected chi connectivity index (χ0v) is 10.7. The minimum atomic E-state index is -0.0790. The minimum absolute atomic E-state index is 0.0767. The molecule has 4 heteroatoms. The molecule has 0 radical (unpaired) electrons. The van der Waals surface area contributed by atoms with Crippen molar-refractivity contribution < 1.29 is 4.79 Å². The number of nitrogens with two attached hydrogens (primary N) is 1. The van der Waals surface area contributed by atoms with E-state index in [1.807, 2.05) is 26.0 Å². The molecule has 1 heterocycles. The van der Waals surface area contributed by atoms with E-state index in [9.17, 15) is 4.79 Å². The molecule has 0 aliphatic carbocycles. The number of amides is 1. The molecular weight excluding hydrogens is 226 g/mol. The smallest absolute Gasteiger partial charge is 0.227 e. The minimum Gasteiger partial charge on any atom is -0.398 e. The standard InChI is InChI=1S/C14H17N3O/c1-9-5-10(2)13(6-12(9)16)17-8-11(7-15)3-4-14(17)18/h5-6,11H,3-4,8,16H2,1-2H3. The van der Waals surface area contributed by atoms with Gasteiger partial charge in [0.1, 0.15) is 0 Å². The summed E-state index contributed by atoms with van der Waals surface area (Å²) in [5.74, 6) is -0.00233. The molecular formula is C14H17N3O. The normalized spacial score (nSPS) is 19.7. The highest BCUT2D eigenvalue weighted by Crippen LogP contribution is 2.30. The van der Waals surface area contributed by atoms with Crippen molar-refractivity contribution in [2.45, 2.75) is 26.7 Å². The van der Waals surface area contributed by atoms with Crippen LogP contribution in [0.5, 0.6) is 0 Å². The Morgan fingerprint density at radius 2 is 2.11 bits per heavy atom. The molecule has 1 aromatic carbocycles. The molecule has 1 atom stereocenters. The number of hydrogen-bond donors (Lipinski definition) is 1. The van der Waals surface area contributed by atoms with Crippen molar-refractivity contribution >= 4 is 17.3 Å². The Kier molecular flexibility index (Phi) is 3.24. The van der Waals surface area contributed by atoms with E-state index in [-0.39, 0.29) is 11.8 Å². The number of carbonyl (C=O) groups excluding carboxylic acids is 1. The third-order valence-corrected chi connectivity index (χ3v) is 3.47. The van der Waals surface area contributed by atoms with E-state index in [0.29, 0.717) is 25.1 Å². The van der Waals surface area contributed by atoms with E-state index < -0.39 is 0 Å². The van der Waals surface area contributed by atoms with Gasteiger partial charge < -0.3 is 10.6 Å². The summed E-state index contributed by atoms with van der Waals surface area (Å²) in [6.07, 6.45) is 1.09. The van der Waals surface area contributed by atoms with Gasteiger partial charge in [0.25, 0.3) is 0 Å². The number of piperidine rings is 1. The molecule has 1 unspecified atom stereocenters. The van der Waals surface area contributed by atoms with Gasteiger partial charge in [0.2, 0.25) is 5.91 Å². The highest BCUT2D eigenvalue weighted by molar-refractivity contribution is 5.95. The van der Waals surface area contributed by atoms with Gasteiger partial charge in [-0.05, 0) is 37.5 Å². The first-order valence-corrected chi connectivity index (χ1v) is 6.09. The Balaban J connectivity index is 2.38. The van der Waals surface area contributed by atoms with Crippen LogP contribution in [0, 0.1) is 31.1 Å². The molecule has 1 aliphatic heterocycles. The predicted molar refractivity (Wildman–Crippen MR) is 71.0 cm³/mol. The summed E-state index contributed by atoms with van der Waals surface area (Å²) in [6, 6.07) is 6.06. The lowest BCUT2D eigenvalue weighted by Crippen LogP contribution is -2.40. The third-order valence-electron chi connectivity index (χ3n) is 3.47. The van der Waals surface area contributed by atoms with E-state index in [2.05, 4.69) is 6.07 Å². The molecule has 94 valence electrons. The van der Waals surface area contributed by atoms with Crippen molar-refractivity contribution in [2.24, 2.45) is 5.92 Å². The van der Waals surface area contributed by atoms with Gasteiger partial charge in [-0.15, -0.1) is 0 Å². The third kappa shape index (κ3) is 2.17. The first-order valence-electron chi connectivity index (χ1n) is 6.09. The van der Waals surface area contributed by atoms with Crippen molar-refractivity contribution in [3.63, 3.8) is 0 Å². The Labute approximate surface area is 107 Å². The van der Waals surface area contributed by atoms with E-state index in [1.165, 1.54) is 0 Å². The van der Waals surface area contributed by atoms with Gasteiger partial charge in [-0.2, -0.15) is 5.26 Å². The van der Waals surface area contributed by atoms with Crippen LogP contribution in [-0.2, 0) is 4.79 Å². The van der Waals surface area contributed by atoms with Gasteiger partial charge in [0.05, 0.1) is 12.0 Å². The molecule has 2 rings (SSSR count). The second kappa shape index (κ2) is 4.69. The molecule has 1 aliphatic rings. The summed E-state index contributed by atoms with van der Waals surface area (Å²) < 4.78 is 0. The number of benzene rings is 1. The van der Waals surface area contributed by atoms with Crippen LogP contribution in [0.3, 0.4) is 0 Å². The van der Waals surface area contributed by atoms with Crippen LogP contribution in [0.2, 0.25) is 0 Å². The zero-order valence-electron chi connectivity index (χ0n) is 10.7. The molecule has 0 spiro atoms. The van der Waals surface area contributed by atoms with Gasteiger partial charge in [0, 0.05) is 24.3 Å². The van der Waals surface area contributed by atoms with Gasteiger partial charge in [0.15, 0.2) is 0 Å². The second-order valence-corrected chi connectivity index (χ2v) is 4.86. The van der Waals surface area contributed by atoms with Crippen molar-refractivity contribution in [1.29, 1.82) is 5.26 Å². The predicted octanol–water partition coefficient (Wildman–Crippen LogP) is 2.15. The number of nitrogens with zero attached hydrogens (tertiary/aromatic N) is 2. The molecule has 1 amide bonds. The van der Waals surface area contributed by atoms with E-state index in [0.717, 1.165) is 16.8 Å². The summed E-state index contributed by atoms with van der Waals surface area (Å²) in [4.78, 5) is 13.7. The maximum atomic E-state index is 12.0. The Bertz CT molecular complexity index is 531. The van der Waals surface area contributed by atoms with Gasteiger partial charge in [-0.3, -0.25) is 4.79 Å². The zero-order chi connectivity index (χ0) is 13.3. The number of rotatable bonds is 1. The van der Waals surface area contributed by atoms with Crippen LogP contribution in [0.25, 0.3) is 0 Å². The number of carbonyl (C=O) groups is 1. The molecule has 1 saturated heterocycles. The van der Waals surface area contributed by atoms with E-state index >= 15 is 0 Å². The lowest BCUT2D eigenvalue weighted by atomic mass is 9.97. The molecule has 0 bridgehead atoms. The second-order valence-electron chi connectivity index (χ2n) is 4.86. The average molecular weight is 243 g/mol. The Morgan fingerprint density at radius 1 is 1.39 bits per heavy atom. The summed E-state index contributed by atoms with van der Waals surface area (Å²) in [7, 11) is 0. The number of anilines is 2. The van der Waals surface area contributed by atoms with Crippen molar-refractivity contribution in [1.82, 2.24) is 0 Å². The van der Waals surface area contributed by atoms with Crippen LogP contribution >= 0.6 is 0 Å². The summed E-state index contributed by atoms with van der Waals surface area (Å²) >= 11 is 0. The Hall–Kier alpha value is -2.02. The maximum Gasteiger partial charge on any atom is 0.227 e. The average Bonchev–Trinajstić information content (AvgIpc) is 2.35.